The van der Waals surface area contributed by atoms with Gasteiger partial charge in [0.05, 0.1) is 78.1 Å². The second-order valence-electron chi connectivity index (χ2n) is 8.94. The minimum absolute atomic E-state index is 0.0434. The lowest BCUT2D eigenvalue weighted by Gasteiger charge is -2.26. The van der Waals surface area contributed by atoms with Crippen LogP contribution in [0.5, 0.6) is 17.2 Å². The lowest BCUT2D eigenvalue weighted by molar-refractivity contribution is -0.0102. The van der Waals surface area contributed by atoms with Gasteiger partial charge in [-0.25, -0.2) is 0 Å². The fourth-order valence-electron chi connectivity index (χ4n) is 3.87. The van der Waals surface area contributed by atoms with E-state index in [0.717, 1.165) is 0 Å². The molecule has 0 bridgehead atoms. The van der Waals surface area contributed by atoms with Crippen LogP contribution >= 0.6 is 0 Å². The average molecular weight is 589 g/mol. The molecule has 0 saturated carbocycles. The minimum atomic E-state index is -0.648. The molecule has 1 heterocycles. The molecule has 1 aliphatic heterocycles. The number of aromatic hydroxyl groups is 2. The maximum absolute atomic E-state index is 12.5. The number of phenols is 2. The van der Waals surface area contributed by atoms with Gasteiger partial charge in [0.15, 0.2) is 17.3 Å². The zero-order valence-corrected chi connectivity index (χ0v) is 23.2. The van der Waals surface area contributed by atoms with Gasteiger partial charge in [-0.3, -0.25) is 9.59 Å². The van der Waals surface area contributed by atoms with Crippen molar-refractivity contribution in [3.63, 3.8) is 0 Å². The van der Waals surface area contributed by atoms with Crippen molar-refractivity contribution in [3.8, 4) is 17.2 Å². The molecule has 14 nitrogen and oxygen atoms in total. The number of azide groups is 1. The van der Waals surface area contributed by atoms with E-state index in [0.29, 0.717) is 90.3 Å². The van der Waals surface area contributed by atoms with E-state index < -0.39 is 11.9 Å². The average Bonchev–Trinajstić information content (AvgIpc) is 3.00. The number of ether oxygens (including phenoxy) is 6. The number of carbonyl (C=O) groups is 2. The van der Waals surface area contributed by atoms with Crippen LogP contribution in [0.4, 0.5) is 0 Å². The van der Waals surface area contributed by atoms with Crippen molar-refractivity contribution < 1.29 is 48.2 Å². The quantitative estimate of drug-likeness (QED) is 0.0681. The van der Waals surface area contributed by atoms with E-state index in [1.807, 2.05) is 0 Å². The molecule has 1 unspecified atom stereocenters. The van der Waals surface area contributed by atoms with Gasteiger partial charge < -0.3 is 44.0 Å². The first-order chi connectivity index (χ1) is 20.5. The second kappa shape index (κ2) is 18.5. The third-order valence-electron chi connectivity index (χ3n) is 6.01. The molecule has 228 valence electrons. The molecule has 1 aliphatic rings. The van der Waals surface area contributed by atoms with Crippen LogP contribution in [0.1, 0.15) is 38.8 Å². The number of nitrogens with zero attached hydrogens (tertiary/aromatic N) is 3. The van der Waals surface area contributed by atoms with Crippen molar-refractivity contribution in [2.75, 3.05) is 79.2 Å². The minimum Gasteiger partial charge on any atom is -0.504 e. The number of Topliss-reactive ketones (excluding diaryl/α,β-unsaturated/α-hetero) is 1. The van der Waals surface area contributed by atoms with Gasteiger partial charge in [-0.1, -0.05) is 17.2 Å². The summed E-state index contributed by atoms with van der Waals surface area (Å²) in [6.45, 7) is 4.72. The van der Waals surface area contributed by atoms with Crippen LogP contribution in [-0.2, 0) is 23.7 Å². The molecule has 3 rings (SSSR count). The third-order valence-corrected chi connectivity index (χ3v) is 6.01. The number of rotatable bonds is 20. The summed E-state index contributed by atoms with van der Waals surface area (Å²) < 4.78 is 32.6. The molecule has 0 spiro atoms. The standard InChI is InChI=1S/C28H36N4O10/c29-32-31-8-10-38-12-14-40-16-18-41-17-15-39-13-11-37-9-7-30-28(36)21-3-1-20(2-4-21)25-19-24(34)22-5-6-23(33)26(35)27(22)42-25/h1-6,25,33,35H,7-19H2,(H,30,36). The molecule has 0 aromatic heterocycles. The van der Waals surface area contributed by atoms with E-state index in [1.165, 1.54) is 12.1 Å². The van der Waals surface area contributed by atoms with Crippen LogP contribution in [0.25, 0.3) is 10.4 Å². The Bertz CT molecular complexity index is 1190. The summed E-state index contributed by atoms with van der Waals surface area (Å²) >= 11 is 0. The molecule has 2 aromatic carbocycles. The van der Waals surface area contributed by atoms with Crippen LogP contribution < -0.4 is 10.1 Å². The zero-order valence-electron chi connectivity index (χ0n) is 23.2. The summed E-state index contributed by atoms with van der Waals surface area (Å²) in [6, 6.07) is 9.31. The molecule has 1 atom stereocenters. The summed E-state index contributed by atoms with van der Waals surface area (Å²) in [5, 5.41) is 25.9. The number of benzene rings is 2. The molecule has 14 heteroatoms. The predicted octanol–water partition coefficient (Wildman–Crippen LogP) is 2.93. The zero-order chi connectivity index (χ0) is 30.0. The Balaban J connectivity index is 1.19. The van der Waals surface area contributed by atoms with Crippen molar-refractivity contribution in [2.24, 2.45) is 5.11 Å². The fraction of sp³-hybridized carbons (Fsp3) is 0.500. The topological polar surface area (TPSA) is 191 Å². The molecule has 0 saturated heterocycles. The molecule has 1 amide bonds. The van der Waals surface area contributed by atoms with E-state index in [4.69, 9.17) is 34.0 Å². The van der Waals surface area contributed by atoms with Crippen LogP contribution in [0, 0.1) is 0 Å². The summed E-state index contributed by atoms with van der Waals surface area (Å²) in [7, 11) is 0. The van der Waals surface area contributed by atoms with E-state index in [9.17, 15) is 19.8 Å². The predicted molar refractivity (Wildman–Crippen MR) is 149 cm³/mol. The first-order valence-corrected chi connectivity index (χ1v) is 13.5. The van der Waals surface area contributed by atoms with Crippen molar-refractivity contribution >= 4 is 11.7 Å². The van der Waals surface area contributed by atoms with Gasteiger partial charge in [-0.2, -0.15) is 0 Å². The Morgan fingerprint density at radius 2 is 1.45 bits per heavy atom. The number of amides is 1. The smallest absolute Gasteiger partial charge is 0.251 e. The normalized spacial score (nSPS) is 14.1. The maximum Gasteiger partial charge on any atom is 0.251 e. The molecule has 0 aliphatic carbocycles. The van der Waals surface area contributed by atoms with Crippen molar-refractivity contribution in [1.29, 1.82) is 0 Å². The number of nitrogens with one attached hydrogen (secondary N) is 1. The summed E-state index contributed by atoms with van der Waals surface area (Å²) in [6.07, 6.45) is -0.573. The summed E-state index contributed by atoms with van der Waals surface area (Å²) in [4.78, 5) is 27.5. The van der Waals surface area contributed by atoms with Gasteiger partial charge in [0.25, 0.3) is 5.91 Å². The first-order valence-electron chi connectivity index (χ1n) is 13.5. The lowest BCUT2D eigenvalue weighted by Crippen LogP contribution is -2.27. The van der Waals surface area contributed by atoms with E-state index >= 15 is 0 Å². The molecule has 0 fully saturated rings. The highest BCUT2D eigenvalue weighted by Gasteiger charge is 2.31. The van der Waals surface area contributed by atoms with Gasteiger partial charge >= 0.3 is 0 Å². The number of carbonyl (C=O) groups excluding carboxylic acids is 2. The molecule has 3 N–H and O–H groups in total. The van der Waals surface area contributed by atoms with E-state index in [2.05, 4.69) is 15.3 Å². The third kappa shape index (κ3) is 10.8. The molecular formula is C28H36N4O10. The molecule has 42 heavy (non-hydrogen) atoms. The van der Waals surface area contributed by atoms with Crippen molar-refractivity contribution in [2.45, 2.75) is 12.5 Å². The number of phenolic OH excluding ortho intramolecular Hbond substituents is 2. The highest BCUT2D eigenvalue weighted by atomic mass is 16.6. The van der Waals surface area contributed by atoms with Gasteiger partial charge in [0.1, 0.15) is 6.10 Å². The first kappa shape index (κ1) is 32.6. The van der Waals surface area contributed by atoms with E-state index in [-0.39, 0.29) is 35.2 Å². The fourth-order valence-corrected chi connectivity index (χ4v) is 3.87. The Labute approximate surface area is 243 Å². The maximum atomic E-state index is 12.5. The Kier molecular flexibility index (Phi) is 14.4. The van der Waals surface area contributed by atoms with Crippen LogP contribution in [0.2, 0.25) is 0 Å². The highest BCUT2D eigenvalue weighted by Crippen LogP contribution is 2.44. The van der Waals surface area contributed by atoms with Crippen molar-refractivity contribution in [1.82, 2.24) is 5.32 Å². The number of ketones is 1. The van der Waals surface area contributed by atoms with E-state index in [1.54, 1.807) is 24.3 Å². The lowest BCUT2D eigenvalue weighted by atomic mass is 9.95. The van der Waals surface area contributed by atoms with Gasteiger partial charge in [-0.05, 0) is 35.4 Å². The Morgan fingerprint density at radius 3 is 2.05 bits per heavy atom. The Hall–Kier alpha value is -3.91. The van der Waals surface area contributed by atoms with Crippen molar-refractivity contribution in [3.05, 3.63) is 63.5 Å². The molecule has 0 radical (unpaired) electrons. The van der Waals surface area contributed by atoms with Gasteiger partial charge in [0, 0.05) is 23.6 Å². The largest absolute Gasteiger partial charge is 0.504 e. The summed E-state index contributed by atoms with van der Waals surface area (Å²) in [5.41, 5.74) is 9.46. The van der Waals surface area contributed by atoms with Gasteiger partial charge in [-0.15, -0.1) is 0 Å². The number of fused-ring (bicyclic) bond motifs is 1. The summed E-state index contributed by atoms with van der Waals surface area (Å²) in [5.74, 6) is -1.36. The van der Waals surface area contributed by atoms with Crippen LogP contribution in [0.3, 0.4) is 0 Å². The molecular weight excluding hydrogens is 552 g/mol. The highest BCUT2D eigenvalue weighted by molar-refractivity contribution is 6.01. The van der Waals surface area contributed by atoms with Gasteiger partial charge in [0.2, 0.25) is 5.75 Å². The van der Waals surface area contributed by atoms with Crippen LogP contribution in [-0.4, -0.2) is 101 Å². The second-order valence-corrected chi connectivity index (χ2v) is 8.94. The van der Waals surface area contributed by atoms with Crippen LogP contribution in [0.15, 0.2) is 41.5 Å². The molecule has 2 aromatic rings. The monoisotopic (exact) mass is 588 g/mol. The number of hydrogen-bond donors (Lipinski definition) is 3. The SMILES string of the molecule is [N-]=[N+]=NCCOCCOCCOCCOCCOCCNC(=O)c1ccc(C2CC(=O)c3ccc(O)c(O)c3O2)cc1. The Morgan fingerprint density at radius 1 is 0.881 bits per heavy atom. The number of hydrogen-bond acceptors (Lipinski definition) is 11.